The number of aliphatic hydroxyl groups is 1. The SMILES string of the molecule is CCc1cc(C)cc(CC)c1C1C(=O)N2CCCCC2C1O. The molecule has 22 heavy (non-hydrogen) atoms. The molecule has 2 heterocycles. The van der Waals surface area contributed by atoms with Crippen LogP contribution in [0.4, 0.5) is 0 Å². The minimum atomic E-state index is -0.550. The van der Waals surface area contributed by atoms with Crippen LogP contribution < -0.4 is 0 Å². The molecule has 0 saturated carbocycles. The summed E-state index contributed by atoms with van der Waals surface area (Å²) in [6, 6.07) is 4.40. The van der Waals surface area contributed by atoms with Crippen molar-refractivity contribution < 1.29 is 9.90 Å². The fraction of sp³-hybridized carbons (Fsp3) is 0.632. The molecule has 3 atom stereocenters. The molecule has 3 heteroatoms. The normalized spacial score (nSPS) is 28.1. The molecule has 1 aromatic carbocycles. The van der Waals surface area contributed by atoms with E-state index in [2.05, 4.69) is 32.9 Å². The van der Waals surface area contributed by atoms with Crippen molar-refractivity contribution in [2.45, 2.75) is 70.9 Å². The quantitative estimate of drug-likeness (QED) is 0.932. The highest BCUT2D eigenvalue weighted by Crippen LogP contribution is 2.41. The zero-order valence-electron chi connectivity index (χ0n) is 13.9. The topological polar surface area (TPSA) is 40.5 Å². The summed E-state index contributed by atoms with van der Waals surface area (Å²) in [6.45, 7) is 7.19. The monoisotopic (exact) mass is 301 g/mol. The number of nitrogens with zero attached hydrogens (tertiary/aromatic N) is 1. The van der Waals surface area contributed by atoms with Crippen LogP contribution in [0.15, 0.2) is 12.1 Å². The van der Waals surface area contributed by atoms with Crippen LogP contribution in [-0.4, -0.2) is 34.6 Å². The number of aliphatic hydroxyl groups excluding tert-OH is 1. The third kappa shape index (κ3) is 2.36. The van der Waals surface area contributed by atoms with Crippen molar-refractivity contribution in [3.63, 3.8) is 0 Å². The Balaban J connectivity index is 2.08. The van der Waals surface area contributed by atoms with E-state index in [0.29, 0.717) is 0 Å². The molecule has 3 rings (SSSR count). The number of aryl methyl sites for hydroxylation is 3. The van der Waals surface area contributed by atoms with E-state index in [1.165, 1.54) is 16.7 Å². The fourth-order valence-corrected chi connectivity index (χ4v) is 4.36. The molecule has 0 spiro atoms. The molecule has 1 N–H and O–H groups in total. The number of rotatable bonds is 3. The molecule has 2 fully saturated rings. The van der Waals surface area contributed by atoms with E-state index >= 15 is 0 Å². The number of amides is 1. The summed E-state index contributed by atoms with van der Waals surface area (Å²) in [7, 11) is 0. The molecule has 0 aliphatic carbocycles. The summed E-state index contributed by atoms with van der Waals surface area (Å²) in [5.74, 6) is -0.209. The van der Waals surface area contributed by atoms with Crippen molar-refractivity contribution in [1.82, 2.24) is 4.90 Å². The maximum atomic E-state index is 12.9. The van der Waals surface area contributed by atoms with Crippen LogP contribution in [0.2, 0.25) is 0 Å². The van der Waals surface area contributed by atoms with E-state index in [4.69, 9.17) is 0 Å². The van der Waals surface area contributed by atoms with Gasteiger partial charge in [-0.05, 0) is 55.7 Å². The van der Waals surface area contributed by atoms with Crippen LogP contribution in [0.5, 0.6) is 0 Å². The lowest BCUT2D eigenvalue weighted by atomic mass is 9.83. The number of carbonyl (C=O) groups excluding carboxylic acids is 1. The third-order valence-electron chi connectivity index (χ3n) is 5.40. The summed E-state index contributed by atoms with van der Waals surface area (Å²) in [5.41, 5.74) is 4.82. The second-order valence-electron chi connectivity index (χ2n) is 6.77. The molecule has 3 nitrogen and oxygen atoms in total. The lowest BCUT2D eigenvalue weighted by Gasteiger charge is -2.30. The Labute approximate surface area is 133 Å². The number of carbonyl (C=O) groups is 1. The molecule has 0 bridgehead atoms. The molecular weight excluding hydrogens is 274 g/mol. The Bertz CT molecular complexity index is 556. The summed E-state index contributed by atoms with van der Waals surface area (Å²) in [6.07, 6.45) is 4.39. The van der Waals surface area contributed by atoms with Crippen molar-refractivity contribution in [2.75, 3.05) is 6.54 Å². The van der Waals surface area contributed by atoms with Crippen molar-refractivity contribution in [3.8, 4) is 0 Å². The lowest BCUT2D eigenvalue weighted by molar-refractivity contribution is -0.130. The smallest absolute Gasteiger partial charge is 0.233 e. The van der Waals surface area contributed by atoms with Gasteiger partial charge < -0.3 is 10.0 Å². The second-order valence-corrected chi connectivity index (χ2v) is 6.77. The van der Waals surface area contributed by atoms with Crippen molar-refractivity contribution in [1.29, 1.82) is 0 Å². The molecule has 2 aliphatic rings. The number of piperidine rings is 1. The van der Waals surface area contributed by atoms with Gasteiger partial charge in [-0.15, -0.1) is 0 Å². The number of fused-ring (bicyclic) bond motifs is 1. The van der Waals surface area contributed by atoms with Crippen LogP contribution in [0.3, 0.4) is 0 Å². The van der Waals surface area contributed by atoms with Crippen LogP contribution in [0.25, 0.3) is 0 Å². The predicted molar refractivity (Wildman–Crippen MR) is 88.0 cm³/mol. The van der Waals surface area contributed by atoms with Gasteiger partial charge in [0.1, 0.15) is 0 Å². The Morgan fingerprint density at radius 2 is 1.82 bits per heavy atom. The highest BCUT2D eigenvalue weighted by molar-refractivity contribution is 5.88. The molecular formula is C19H27NO2. The van der Waals surface area contributed by atoms with Gasteiger partial charge in [-0.1, -0.05) is 31.5 Å². The zero-order chi connectivity index (χ0) is 15.9. The van der Waals surface area contributed by atoms with Gasteiger partial charge in [-0.2, -0.15) is 0 Å². The molecule has 1 amide bonds. The molecule has 0 radical (unpaired) electrons. The van der Waals surface area contributed by atoms with Gasteiger partial charge in [0.25, 0.3) is 0 Å². The van der Waals surface area contributed by atoms with Gasteiger partial charge >= 0.3 is 0 Å². The molecule has 120 valence electrons. The van der Waals surface area contributed by atoms with E-state index in [0.717, 1.165) is 44.2 Å². The van der Waals surface area contributed by atoms with E-state index in [1.807, 2.05) is 4.90 Å². The predicted octanol–water partition coefficient (Wildman–Crippen LogP) is 2.96. The van der Waals surface area contributed by atoms with Crippen LogP contribution >= 0.6 is 0 Å². The first-order chi connectivity index (χ1) is 10.6. The summed E-state index contributed by atoms with van der Waals surface area (Å²) >= 11 is 0. The maximum Gasteiger partial charge on any atom is 0.233 e. The average Bonchev–Trinajstić information content (AvgIpc) is 2.78. The Hall–Kier alpha value is -1.35. The molecule has 0 aromatic heterocycles. The van der Waals surface area contributed by atoms with Gasteiger partial charge in [0, 0.05) is 6.54 Å². The largest absolute Gasteiger partial charge is 0.390 e. The third-order valence-corrected chi connectivity index (χ3v) is 5.40. The van der Waals surface area contributed by atoms with Crippen molar-refractivity contribution >= 4 is 5.91 Å². The van der Waals surface area contributed by atoms with E-state index in [-0.39, 0.29) is 17.9 Å². The first kappa shape index (κ1) is 15.5. The molecule has 3 unspecified atom stereocenters. The van der Waals surface area contributed by atoms with Crippen molar-refractivity contribution in [2.24, 2.45) is 0 Å². The average molecular weight is 301 g/mol. The Kier molecular flexibility index (Phi) is 4.26. The summed E-state index contributed by atoms with van der Waals surface area (Å²) in [5, 5.41) is 10.9. The first-order valence-corrected chi connectivity index (χ1v) is 8.69. The number of benzene rings is 1. The standard InChI is InChI=1S/C19H27NO2/c1-4-13-10-12(3)11-14(5-2)16(13)17-18(21)15-8-6-7-9-20(15)19(17)22/h10-11,15,17-18,21H,4-9H2,1-3H3. The van der Waals surface area contributed by atoms with Crippen molar-refractivity contribution in [3.05, 3.63) is 34.4 Å². The molecule has 2 aliphatic heterocycles. The Morgan fingerprint density at radius 3 is 2.36 bits per heavy atom. The second kappa shape index (κ2) is 6.04. The van der Waals surface area contributed by atoms with Gasteiger partial charge in [-0.3, -0.25) is 4.79 Å². The fourth-order valence-electron chi connectivity index (χ4n) is 4.36. The van der Waals surface area contributed by atoms with Gasteiger partial charge in [0.05, 0.1) is 18.1 Å². The highest BCUT2D eigenvalue weighted by Gasteiger charge is 2.49. The van der Waals surface area contributed by atoms with E-state index in [1.54, 1.807) is 0 Å². The first-order valence-electron chi connectivity index (χ1n) is 8.69. The molecule has 2 saturated heterocycles. The highest BCUT2D eigenvalue weighted by atomic mass is 16.3. The van der Waals surface area contributed by atoms with Crippen LogP contribution in [0, 0.1) is 6.92 Å². The minimum Gasteiger partial charge on any atom is -0.390 e. The van der Waals surface area contributed by atoms with Crippen LogP contribution in [-0.2, 0) is 17.6 Å². The zero-order valence-corrected chi connectivity index (χ0v) is 13.9. The number of hydrogen-bond acceptors (Lipinski definition) is 2. The summed E-state index contributed by atoms with van der Waals surface area (Å²) < 4.78 is 0. The van der Waals surface area contributed by atoms with E-state index < -0.39 is 6.10 Å². The van der Waals surface area contributed by atoms with Crippen LogP contribution in [0.1, 0.15) is 61.3 Å². The Morgan fingerprint density at radius 1 is 1.18 bits per heavy atom. The van der Waals surface area contributed by atoms with Gasteiger partial charge in [0.2, 0.25) is 5.91 Å². The van der Waals surface area contributed by atoms with Gasteiger partial charge in [-0.25, -0.2) is 0 Å². The van der Waals surface area contributed by atoms with E-state index in [9.17, 15) is 9.90 Å². The van der Waals surface area contributed by atoms with Gasteiger partial charge in [0.15, 0.2) is 0 Å². The molecule has 1 aromatic rings. The summed E-state index contributed by atoms with van der Waals surface area (Å²) in [4.78, 5) is 14.9. The number of hydrogen-bond donors (Lipinski definition) is 1. The minimum absolute atomic E-state index is 0.0296. The maximum absolute atomic E-state index is 12.9. The lowest BCUT2D eigenvalue weighted by Crippen LogP contribution is -2.40.